The van der Waals surface area contributed by atoms with Crippen LogP contribution < -0.4 is 41.5 Å². The van der Waals surface area contributed by atoms with Crippen LogP contribution in [-0.2, 0) is 0 Å². The zero-order valence-electron chi connectivity index (χ0n) is 77.1. The molecule has 20 aromatic carbocycles. The maximum Gasteiger partial charge on any atom is 0.242 e. The van der Waals surface area contributed by atoms with Crippen molar-refractivity contribution in [1.82, 2.24) is 66.7 Å². The van der Waals surface area contributed by atoms with Gasteiger partial charge in [-0.15, -0.1) is 0 Å². The fourth-order valence-corrected chi connectivity index (χ4v) is 33.0. The van der Waals surface area contributed by atoms with Gasteiger partial charge in [-0.1, -0.05) is 376 Å². The summed E-state index contributed by atoms with van der Waals surface area (Å²) >= 11 is 0. The molecule has 14 nitrogen and oxygen atoms in total. The van der Waals surface area contributed by atoms with E-state index in [-0.39, 0.29) is 0 Å². The van der Waals surface area contributed by atoms with E-state index in [4.69, 9.17) is 34.9 Å². The van der Waals surface area contributed by atoms with E-state index in [1.165, 1.54) is 63.3 Å². The van der Waals surface area contributed by atoms with Crippen LogP contribution in [0.2, 0.25) is 0 Å². The van der Waals surface area contributed by atoms with Crippen molar-refractivity contribution >= 4 is 195 Å². The van der Waals surface area contributed by atoms with Crippen LogP contribution in [0.25, 0.3) is 206 Å². The summed E-state index contributed by atoms with van der Waals surface area (Å²) in [4.78, 5) is 38.9. The molecule has 0 saturated carbocycles. The molecule has 0 aliphatic rings. The highest BCUT2D eigenvalue weighted by atomic mass is 28.3. The zero-order chi connectivity index (χ0) is 94.0. The van der Waals surface area contributed by atoms with Gasteiger partial charge in [0.1, 0.15) is 0 Å². The molecule has 0 fully saturated rings. The summed E-state index contributed by atoms with van der Waals surface area (Å²) in [6, 6.07) is 182. The number of benzene rings is 20. The molecular weight excluding hydrogens is 1780 g/mol. The van der Waals surface area contributed by atoms with Crippen LogP contribution in [0.1, 0.15) is 0 Å². The van der Waals surface area contributed by atoms with E-state index in [9.17, 15) is 0 Å². The van der Waals surface area contributed by atoms with E-state index >= 15 is 0 Å². The van der Waals surface area contributed by atoms with Crippen molar-refractivity contribution in [3.63, 3.8) is 0 Å². The molecular formula is C127H82N14Si2. The van der Waals surface area contributed by atoms with Crippen molar-refractivity contribution in [3.8, 4) is 69.1 Å². The van der Waals surface area contributed by atoms with Gasteiger partial charge in [0.15, 0.2) is 27.8 Å². The lowest BCUT2D eigenvalue weighted by atomic mass is 10.0. The first-order valence-electron chi connectivity index (χ1n) is 48.5. The SMILES string of the molecule is c1ccc([Si](c2ccccc2)(c2ccc(-c3nc(-n4c5ccccc5c5ccccc54)nc(-n4c5ccccc5c5cc(-c6ccc7c(c6)c6ccccc6n7-c6cccc([Si](c7ccccc7)(c7ccccc7)c7ccc(-c8nc(-n9c%10ccccc%10c%10ccccc%109)nc(-n9c%10ccccc%10n%10c%11ccccc%11nc9%10)n8)cc7)c6)ccc54)n3)cc2)c2cccc(-n3c4ccccc4c4ccccc43)c2)cc1. The van der Waals surface area contributed by atoms with Gasteiger partial charge in [-0.2, -0.15) is 29.9 Å². The highest BCUT2D eigenvalue weighted by Crippen LogP contribution is 2.43. The lowest BCUT2D eigenvalue weighted by Crippen LogP contribution is -2.74. The summed E-state index contributed by atoms with van der Waals surface area (Å²) in [5.41, 5.74) is 20.3. The highest BCUT2D eigenvalue weighted by Gasteiger charge is 2.44. The molecule has 0 aliphatic heterocycles. The molecule has 0 unspecified atom stereocenters. The van der Waals surface area contributed by atoms with Crippen LogP contribution in [-0.4, -0.2) is 82.8 Å². The van der Waals surface area contributed by atoms with Crippen LogP contribution in [0, 0.1) is 0 Å². The van der Waals surface area contributed by atoms with E-state index in [1.807, 2.05) is 6.07 Å². The van der Waals surface area contributed by atoms with Crippen LogP contribution in [0.4, 0.5) is 0 Å². The minimum Gasteiger partial charge on any atom is -0.309 e. The van der Waals surface area contributed by atoms with Crippen LogP contribution >= 0.6 is 0 Å². The second kappa shape index (κ2) is 32.4. The molecule has 0 bridgehead atoms. The summed E-state index contributed by atoms with van der Waals surface area (Å²) in [7, 11) is -6.44. The zero-order valence-corrected chi connectivity index (χ0v) is 79.1. The normalized spacial score (nSPS) is 12.2. The number of hydrogen-bond acceptors (Lipinski definition) is 7. The Morgan fingerprint density at radius 1 is 0.147 bits per heavy atom. The van der Waals surface area contributed by atoms with Crippen molar-refractivity contribution in [2.75, 3.05) is 0 Å². The number of imidazole rings is 2. The molecule has 0 saturated heterocycles. The van der Waals surface area contributed by atoms with Crippen molar-refractivity contribution in [2.24, 2.45) is 0 Å². The Kier molecular flexibility index (Phi) is 18.4. The monoisotopic (exact) mass is 1860 g/mol. The first kappa shape index (κ1) is 81.3. The number of hydrogen-bond donors (Lipinski definition) is 0. The predicted octanol–water partition coefficient (Wildman–Crippen LogP) is 24.0. The summed E-state index contributed by atoms with van der Waals surface area (Å²) in [5.74, 6) is 3.75. The second-order valence-corrected chi connectivity index (χ2v) is 44.7. The Bertz CT molecular complexity index is 9970. The first-order chi connectivity index (χ1) is 70.9. The molecule has 0 N–H and O–H groups in total. The van der Waals surface area contributed by atoms with E-state index in [0.29, 0.717) is 41.2 Å². The number of nitrogens with zero attached hydrogens (tertiary/aromatic N) is 14. The smallest absolute Gasteiger partial charge is 0.242 e. The van der Waals surface area contributed by atoms with Crippen LogP contribution in [0.5, 0.6) is 0 Å². The van der Waals surface area contributed by atoms with Crippen molar-refractivity contribution < 1.29 is 0 Å². The fourth-order valence-electron chi connectivity index (χ4n) is 23.4. The maximum atomic E-state index is 5.70. The molecule has 9 heterocycles. The summed E-state index contributed by atoms with van der Waals surface area (Å²) in [6.45, 7) is 0. The number of fused-ring (bicyclic) bond motifs is 20. The average Bonchev–Trinajstić information content (AvgIpc) is 1.67. The van der Waals surface area contributed by atoms with Gasteiger partial charge >= 0.3 is 0 Å². The van der Waals surface area contributed by atoms with E-state index in [0.717, 1.165) is 143 Å². The summed E-state index contributed by atoms with van der Waals surface area (Å²) in [5, 5.41) is 21.3. The molecule has 0 amide bonds. The molecule has 143 heavy (non-hydrogen) atoms. The van der Waals surface area contributed by atoms with Crippen molar-refractivity contribution in [1.29, 1.82) is 0 Å². The second-order valence-electron chi connectivity index (χ2n) is 37.1. The van der Waals surface area contributed by atoms with Gasteiger partial charge in [-0.25, -0.2) is 9.55 Å². The third kappa shape index (κ3) is 12.4. The predicted molar refractivity (Wildman–Crippen MR) is 592 cm³/mol. The minimum atomic E-state index is -3.28. The van der Waals surface area contributed by atoms with Gasteiger partial charge in [0.2, 0.25) is 29.6 Å². The van der Waals surface area contributed by atoms with Gasteiger partial charge in [0, 0.05) is 76.4 Å². The molecule has 0 spiro atoms. The Balaban J connectivity index is 0.557. The molecule has 29 rings (SSSR count). The average molecular weight is 1860 g/mol. The number of rotatable bonds is 17. The lowest BCUT2D eigenvalue weighted by Gasteiger charge is -2.35. The van der Waals surface area contributed by atoms with Crippen molar-refractivity contribution in [3.05, 3.63) is 497 Å². The summed E-state index contributed by atoms with van der Waals surface area (Å²) < 4.78 is 15.8. The molecule has 9 aromatic heterocycles. The molecule has 0 atom stereocenters. The van der Waals surface area contributed by atoms with Crippen LogP contribution in [0.15, 0.2) is 497 Å². The Morgan fingerprint density at radius 3 is 0.748 bits per heavy atom. The fraction of sp³-hybridized carbons (Fsp3) is 0. The standard InChI is InChI=1S/C127H82N14Si2/c1-5-37-89(38-6-1)142(90-39-7-2-8-40-90,95-45-33-35-87(81-95)135-108-56-22-13-47-97(108)98-48-14-23-57-109(98)135)93-73-67-83(68-74-93)121-129-123(137-111-59-25-15-49-99(111)100-50-16-26-60-112(100)137)133-124(130-121)139-115-63-29-20-54-104(115)106-80-86(72-78-117(106)139)85-71-77-116-105(79-85)103-53-19-24-58-110(103)136(116)88-36-34-46-96(82-88)143(91-41-9-3-10-42-91,92-43-11-4-12-44-92)94-75-69-84(70-76-94)122-131-125(138-113-61-27-17-51-101(113)102-52-18-28-62-114(102)138)134-126(132-122)141-120-66-32-31-65-119(120)140-118-64-30-21-55-107(118)128-127(140)141/h1-82H. The number of aromatic nitrogens is 14. The first-order valence-corrected chi connectivity index (χ1v) is 52.5. The van der Waals surface area contributed by atoms with E-state index < -0.39 is 16.1 Å². The molecule has 16 heteroatoms. The number of para-hydroxylation sites is 12. The Hall–Kier alpha value is -18.9. The minimum absolute atomic E-state index is 0.454. The largest absolute Gasteiger partial charge is 0.309 e. The van der Waals surface area contributed by atoms with Gasteiger partial charge in [-0.05, 0) is 174 Å². The Morgan fingerprint density at radius 2 is 0.399 bits per heavy atom. The topological polar surface area (TPSA) is 124 Å². The Labute approximate surface area is 821 Å². The third-order valence-corrected chi connectivity index (χ3v) is 39.2. The quantitative estimate of drug-likeness (QED) is 0.0657. The van der Waals surface area contributed by atoms with Gasteiger partial charge < -0.3 is 9.13 Å². The van der Waals surface area contributed by atoms with E-state index in [2.05, 4.69) is 523 Å². The maximum absolute atomic E-state index is 5.70. The van der Waals surface area contributed by atoms with Crippen molar-refractivity contribution in [2.45, 2.75) is 0 Å². The van der Waals surface area contributed by atoms with Gasteiger partial charge in [-0.3, -0.25) is 18.1 Å². The summed E-state index contributed by atoms with van der Waals surface area (Å²) in [6.07, 6.45) is 0. The van der Waals surface area contributed by atoms with Gasteiger partial charge in [0.05, 0.1) is 77.2 Å². The lowest BCUT2D eigenvalue weighted by molar-refractivity contribution is 0.884. The molecule has 29 aromatic rings. The third-order valence-electron chi connectivity index (χ3n) is 29.6. The van der Waals surface area contributed by atoms with Crippen LogP contribution in [0.3, 0.4) is 0 Å². The molecule has 0 radical (unpaired) electrons. The van der Waals surface area contributed by atoms with Gasteiger partial charge in [0.25, 0.3) is 0 Å². The molecule has 0 aliphatic carbocycles. The highest BCUT2D eigenvalue weighted by molar-refractivity contribution is 7.20. The van der Waals surface area contributed by atoms with E-state index in [1.54, 1.807) is 0 Å². The molecule has 668 valence electrons.